The molecule has 0 fully saturated rings. The van der Waals surface area contributed by atoms with E-state index in [1.165, 1.54) is 5.56 Å². The zero-order valence-corrected chi connectivity index (χ0v) is 11.3. The van der Waals surface area contributed by atoms with Gasteiger partial charge in [0.25, 0.3) is 0 Å². The summed E-state index contributed by atoms with van der Waals surface area (Å²) in [5.74, 6) is 0.124. The number of hydrogen-bond donors (Lipinski definition) is 0. The molecule has 0 radical (unpaired) electrons. The van der Waals surface area contributed by atoms with Crippen molar-refractivity contribution >= 4 is 17.4 Å². The second kappa shape index (κ2) is 5.36. The molecule has 2 rings (SSSR count). The molecule has 18 heavy (non-hydrogen) atoms. The van der Waals surface area contributed by atoms with Gasteiger partial charge in [0.05, 0.1) is 0 Å². The fourth-order valence-corrected chi connectivity index (χ4v) is 1.93. The van der Waals surface area contributed by atoms with Gasteiger partial charge in [-0.2, -0.15) is 0 Å². The van der Waals surface area contributed by atoms with Crippen LogP contribution in [0.15, 0.2) is 42.5 Å². The van der Waals surface area contributed by atoms with Gasteiger partial charge in [0.1, 0.15) is 0 Å². The van der Waals surface area contributed by atoms with E-state index in [1.807, 2.05) is 44.2 Å². The minimum absolute atomic E-state index is 0.124. The molecule has 0 aliphatic rings. The summed E-state index contributed by atoms with van der Waals surface area (Å²) in [6.45, 7) is 3.94. The highest BCUT2D eigenvalue weighted by Crippen LogP contribution is 2.17. The average Bonchev–Trinajstić information content (AvgIpc) is 2.35. The Kier molecular flexibility index (Phi) is 3.83. The number of benzene rings is 2. The number of halogens is 1. The predicted molar refractivity (Wildman–Crippen MR) is 75.4 cm³/mol. The highest BCUT2D eigenvalue weighted by molar-refractivity contribution is 6.31. The van der Waals surface area contributed by atoms with Crippen LogP contribution in [0.1, 0.15) is 27.0 Å². The topological polar surface area (TPSA) is 17.1 Å². The fourth-order valence-electron chi connectivity index (χ4n) is 1.81. The van der Waals surface area contributed by atoms with Crippen molar-refractivity contribution in [2.24, 2.45) is 0 Å². The van der Waals surface area contributed by atoms with Crippen LogP contribution in [-0.4, -0.2) is 5.78 Å². The highest BCUT2D eigenvalue weighted by Gasteiger charge is 2.08. The summed E-state index contributed by atoms with van der Waals surface area (Å²) in [6, 6.07) is 13.4. The molecule has 0 heterocycles. The number of rotatable bonds is 3. The standard InChI is InChI=1S/C16H15ClO/c1-11-3-5-13(6-4-11)10-16(18)14-7-8-15(17)12(2)9-14/h3-9H,10H2,1-2H3. The Bertz CT molecular complexity index is 570. The van der Waals surface area contributed by atoms with E-state index in [0.717, 1.165) is 16.7 Å². The summed E-state index contributed by atoms with van der Waals surface area (Å²) in [4.78, 5) is 12.1. The molecule has 0 spiro atoms. The van der Waals surface area contributed by atoms with Crippen LogP contribution in [0, 0.1) is 13.8 Å². The van der Waals surface area contributed by atoms with Gasteiger partial charge >= 0.3 is 0 Å². The molecule has 92 valence electrons. The lowest BCUT2D eigenvalue weighted by Gasteiger charge is -2.04. The van der Waals surface area contributed by atoms with Gasteiger partial charge < -0.3 is 0 Å². The smallest absolute Gasteiger partial charge is 0.167 e. The minimum Gasteiger partial charge on any atom is -0.294 e. The molecule has 0 saturated heterocycles. The largest absolute Gasteiger partial charge is 0.294 e. The maximum Gasteiger partial charge on any atom is 0.167 e. The lowest BCUT2D eigenvalue weighted by atomic mass is 10.0. The molecule has 0 unspecified atom stereocenters. The van der Waals surface area contributed by atoms with Crippen molar-refractivity contribution in [1.82, 2.24) is 0 Å². The van der Waals surface area contributed by atoms with E-state index in [-0.39, 0.29) is 5.78 Å². The van der Waals surface area contributed by atoms with Gasteiger partial charge in [-0.05, 0) is 43.2 Å². The molecule has 0 atom stereocenters. The van der Waals surface area contributed by atoms with Crippen molar-refractivity contribution in [3.63, 3.8) is 0 Å². The summed E-state index contributed by atoms with van der Waals surface area (Å²) in [7, 11) is 0. The monoisotopic (exact) mass is 258 g/mol. The number of carbonyl (C=O) groups excluding carboxylic acids is 1. The first-order valence-corrected chi connectivity index (χ1v) is 6.29. The summed E-state index contributed by atoms with van der Waals surface area (Å²) < 4.78 is 0. The summed E-state index contributed by atoms with van der Waals surface area (Å²) >= 11 is 5.95. The Hall–Kier alpha value is -1.60. The molecule has 0 bridgehead atoms. The van der Waals surface area contributed by atoms with Crippen LogP contribution in [-0.2, 0) is 6.42 Å². The van der Waals surface area contributed by atoms with Crippen molar-refractivity contribution in [2.45, 2.75) is 20.3 Å². The predicted octanol–water partition coefficient (Wildman–Crippen LogP) is 4.38. The number of carbonyl (C=O) groups is 1. The zero-order chi connectivity index (χ0) is 13.1. The minimum atomic E-state index is 0.124. The lowest BCUT2D eigenvalue weighted by molar-refractivity contribution is 0.0993. The first kappa shape index (κ1) is 12.8. The van der Waals surface area contributed by atoms with Crippen LogP contribution in [0.4, 0.5) is 0 Å². The third-order valence-corrected chi connectivity index (χ3v) is 3.39. The van der Waals surface area contributed by atoms with Crippen LogP contribution in [0.3, 0.4) is 0 Å². The maximum absolute atomic E-state index is 12.1. The van der Waals surface area contributed by atoms with E-state index in [1.54, 1.807) is 12.1 Å². The summed E-state index contributed by atoms with van der Waals surface area (Å²) in [5, 5.41) is 0.696. The molecule has 0 aromatic heterocycles. The van der Waals surface area contributed by atoms with Gasteiger partial charge in [0, 0.05) is 17.0 Å². The highest BCUT2D eigenvalue weighted by atomic mass is 35.5. The average molecular weight is 259 g/mol. The van der Waals surface area contributed by atoms with Gasteiger partial charge in [-0.15, -0.1) is 0 Å². The molecule has 0 aliphatic heterocycles. The molecule has 0 amide bonds. The van der Waals surface area contributed by atoms with E-state index < -0.39 is 0 Å². The van der Waals surface area contributed by atoms with E-state index >= 15 is 0 Å². The molecule has 0 N–H and O–H groups in total. The van der Waals surface area contributed by atoms with Gasteiger partial charge in [-0.25, -0.2) is 0 Å². The lowest BCUT2D eigenvalue weighted by Crippen LogP contribution is -2.03. The van der Waals surface area contributed by atoms with Crippen LogP contribution < -0.4 is 0 Å². The van der Waals surface area contributed by atoms with Crippen LogP contribution in [0.25, 0.3) is 0 Å². The SMILES string of the molecule is Cc1ccc(CC(=O)c2ccc(Cl)c(C)c2)cc1. The van der Waals surface area contributed by atoms with Crippen molar-refractivity contribution in [2.75, 3.05) is 0 Å². The van der Waals surface area contributed by atoms with Gasteiger partial charge in [-0.1, -0.05) is 41.4 Å². The third kappa shape index (κ3) is 2.99. The van der Waals surface area contributed by atoms with Crippen molar-refractivity contribution in [1.29, 1.82) is 0 Å². The fraction of sp³-hybridized carbons (Fsp3) is 0.188. The second-order valence-electron chi connectivity index (χ2n) is 4.55. The van der Waals surface area contributed by atoms with Crippen molar-refractivity contribution < 1.29 is 4.79 Å². The molecule has 1 nitrogen and oxygen atoms in total. The Morgan fingerprint density at radius 2 is 1.72 bits per heavy atom. The number of Topliss-reactive ketones (excluding diaryl/α,β-unsaturated/α-hetero) is 1. The Labute approximate surface area is 112 Å². The molecule has 2 aromatic rings. The molecule has 2 aromatic carbocycles. The molecular weight excluding hydrogens is 244 g/mol. The second-order valence-corrected chi connectivity index (χ2v) is 4.96. The number of ketones is 1. The quantitative estimate of drug-likeness (QED) is 0.747. The Morgan fingerprint density at radius 3 is 2.33 bits per heavy atom. The van der Waals surface area contributed by atoms with E-state index in [0.29, 0.717) is 11.4 Å². The first-order valence-electron chi connectivity index (χ1n) is 5.91. The van der Waals surface area contributed by atoms with E-state index in [9.17, 15) is 4.79 Å². The first-order chi connectivity index (χ1) is 8.56. The van der Waals surface area contributed by atoms with Gasteiger partial charge in [0.2, 0.25) is 0 Å². The molecule has 0 aliphatic carbocycles. The van der Waals surface area contributed by atoms with Crippen LogP contribution in [0.5, 0.6) is 0 Å². The molecule has 2 heteroatoms. The van der Waals surface area contributed by atoms with Gasteiger partial charge in [-0.3, -0.25) is 4.79 Å². The van der Waals surface area contributed by atoms with Crippen LogP contribution >= 0.6 is 11.6 Å². The third-order valence-electron chi connectivity index (χ3n) is 2.97. The van der Waals surface area contributed by atoms with E-state index in [2.05, 4.69) is 0 Å². The summed E-state index contributed by atoms with van der Waals surface area (Å²) in [5.41, 5.74) is 3.90. The Morgan fingerprint density at radius 1 is 1.06 bits per heavy atom. The number of aryl methyl sites for hydroxylation is 2. The maximum atomic E-state index is 12.1. The number of hydrogen-bond acceptors (Lipinski definition) is 1. The van der Waals surface area contributed by atoms with Gasteiger partial charge in [0.15, 0.2) is 5.78 Å². The normalized spacial score (nSPS) is 10.4. The molecule has 0 saturated carbocycles. The van der Waals surface area contributed by atoms with Crippen molar-refractivity contribution in [3.8, 4) is 0 Å². The zero-order valence-electron chi connectivity index (χ0n) is 10.5. The van der Waals surface area contributed by atoms with Crippen molar-refractivity contribution in [3.05, 3.63) is 69.7 Å². The summed E-state index contributed by atoms with van der Waals surface area (Å²) in [6.07, 6.45) is 0.432. The van der Waals surface area contributed by atoms with Crippen LogP contribution in [0.2, 0.25) is 5.02 Å². The molecular formula is C16H15ClO. The Balaban J connectivity index is 2.16. The van der Waals surface area contributed by atoms with E-state index in [4.69, 9.17) is 11.6 Å².